The lowest BCUT2D eigenvalue weighted by Gasteiger charge is -2.19. The van der Waals surface area contributed by atoms with Crippen molar-refractivity contribution in [2.45, 2.75) is 32.8 Å². The molecule has 0 saturated carbocycles. The van der Waals surface area contributed by atoms with Crippen molar-refractivity contribution in [1.82, 2.24) is 5.32 Å². The van der Waals surface area contributed by atoms with Crippen LogP contribution in [0.15, 0.2) is 18.2 Å². The number of amides is 1. The minimum absolute atomic E-state index is 0.00496. The average molecular weight is 305 g/mol. The number of aromatic carboxylic acids is 1. The molecule has 1 rings (SSSR count). The fourth-order valence-corrected chi connectivity index (χ4v) is 1.47. The summed E-state index contributed by atoms with van der Waals surface area (Å²) in [5.41, 5.74) is -0.218. The molecule has 0 unspecified atom stereocenters. The van der Waals surface area contributed by atoms with Crippen molar-refractivity contribution in [3.63, 3.8) is 0 Å². The summed E-state index contributed by atoms with van der Waals surface area (Å²) >= 11 is 0. The van der Waals surface area contributed by atoms with Gasteiger partial charge in [0, 0.05) is 13.0 Å². The van der Waals surface area contributed by atoms with E-state index in [4.69, 9.17) is 9.84 Å². The fourth-order valence-electron chi connectivity index (χ4n) is 1.47. The number of carbonyl (C=O) groups excluding carboxylic acids is 1. The number of carboxylic acid groups (broad SMARTS) is 1. The predicted molar refractivity (Wildman–Crippen MR) is 80.8 cm³/mol. The molecule has 118 valence electrons. The van der Waals surface area contributed by atoms with Gasteiger partial charge in [-0.2, -0.15) is 0 Å². The van der Waals surface area contributed by atoms with E-state index < -0.39 is 17.7 Å². The topological polar surface area (TPSA) is 95.9 Å². The van der Waals surface area contributed by atoms with E-state index in [1.807, 2.05) is 0 Å². The number of carbonyl (C=O) groups is 2. The van der Waals surface area contributed by atoms with E-state index in [0.29, 0.717) is 18.5 Å². The van der Waals surface area contributed by atoms with Crippen molar-refractivity contribution < 1.29 is 24.5 Å². The van der Waals surface area contributed by atoms with Gasteiger partial charge in [-0.15, -0.1) is 0 Å². The van der Waals surface area contributed by atoms with E-state index in [2.05, 4.69) is 17.2 Å². The van der Waals surface area contributed by atoms with Crippen LogP contribution < -0.4 is 5.32 Å². The van der Waals surface area contributed by atoms with Crippen LogP contribution in [-0.4, -0.2) is 34.4 Å². The first-order valence-electron chi connectivity index (χ1n) is 6.71. The Bertz CT molecular complexity index is 620. The molecular weight excluding hydrogens is 286 g/mol. The molecule has 0 radical (unpaired) electrons. The first-order valence-corrected chi connectivity index (χ1v) is 6.71. The van der Waals surface area contributed by atoms with Crippen LogP contribution in [0.3, 0.4) is 0 Å². The zero-order valence-electron chi connectivity index (χ0n) is 12.8. The van der Waals surface area contributed by atoms with Gasteiger partial charge in [-0.1, -0.05) is 11.8 Å². The maximum atomic E-state index is 11.4. The number of aromatic hydroxyl groups is 1. The molecule has 1 aromatic rings. The molecule has 0 heterocycles. The molecule has 1 aromatic carbocycles. The van der Waals surface area contributed by atoms with E-state index in [0.717, 1.165) is 6.07 Å². The Morgan fingerprint density at radius 3 is 2.55 bits per heavy atom. The number of phenolic OH excluding ortho intramolecular Hbond substituents is 1. The van der Waals surface area contributed by atoms with Crippen LogP contribution in [0.1, 0.15) is 43.1 Å². The van der Waals surface area contributed by atoms with Crippen molar-refractivity contribution in [2.24, 2.45) is 0 Å². The summed E-state index contributed by atoms with van der Waals surface area (Å²) in [4.78, 5) is 22.1. The van der Waals surface area contributed by atoms with Crippen molar-refractivity contribution in [2.75, 3.05) is 6.54 Å². The standard InChI is InChI=1S/C16H19NO5/c1-16(2,3)22-15(21)17-9-5-4-6-11-7-8-12(14(19)20)10-13(11)18/h7-8,10,18H,5,9H2,1-3H3,(H,17,21)(H,19,20). The van der Waals surface area contributed by atoms with Crippen LogP contribution in [-0.2, 0) is 4.74 Å². The summed E-state index contributed by atoms with van der Waals surface area (Å²) < 4.78 is 5.06. The monoisotopic (exact) mass is 305 g/mol. The Morgan fingerprint density at radius 2 is 2.00 bits per heavy atom. The molecule has 0 saturated heterocycles. The SMILES string of the molecule is CC(C)(C)OC(=O)NCCC#Cc1ccc(C(=O)O)cc1O. The number of hydrogen-bond donors (Lipinski definition) is 3. The number of carboxylic acids is 1. The minimum Gasteiger partial charge on any atom is -0.507 e. The molecule has 0 atom stereocenters. The second kappa shape index (κ2) is 7.36. The molecule has 3 N–H and O–H groups in total. The van der Waals surface area contributed by atoms with Crippen LogP contribution in [0, 0.1) is 11.8 Å². The number of hydrogen-bond acceptors (Lipinski definition) is 4. The van der Waals surface area contributed by atoms with E-state index in [1.54, 1.807) is 20.8 Å². The molecule has 0 bridgehead atoms. The van der Waals surface area contributed by atoms with Crippen LogP contribution >= 0.6 is 0 Å². The van der Waals surface area contributed by atoms with Crippen LogP contribution in [0.25, 0.3) is 0 Å². The van der Waals surface area contributed by atoms with E-state index >= 15 is 0 Å². The fraction of sp³-hybridized carbons (Fsp3) is 0.375. The van der Waals surface area contributed by atoms with Gasteiger partial charge in [0.1, 0.15) is 11.4 Å². The number of benzene rings is 1. The number of alkyl carbamates (subject to hydrolysis) is 1. The third-order valence-corrected chi connectivity index (χ3v) is 2.39. The lowest BCUT2D eigenvalue weighted by Crippen LogP contribution is -2.32. The smallest absolute Gasteiger partial charge is 0.407 e. The van der Waals surface area contributed by atoms with Crippen molar-refractivity contribution in [3.05, 3.63) is 29.3 Å². The van der Waals surface area contributed by atoms with Crippen molar-refractivity contribution in [1.29, 1.82) is 0 Å². The molecule has 0 aliphatic heterocycles. The molecule has 0 aromatic heterocycles. The van der Waals surface area contributed by atoms with E-state index in [9.17, 15) is 14.7 Å². The Balaban J connectivity index is 2.48. The van der Waals surface area contributed by atoms with Crippen LogP contribution in [0.5, 0.6) is 5.75 Å². The molecule has 22 heavy (non-hydrogen) atoms. The molecule has 0 aliphatic carbocycles. The van der Waals surface area contributed by atoms with Gasteiger partial charge in [-0.3, -0.25) is 0 Å². The highest BCUT2D eigenvalue weighted by Gasteiger charge is 2.15. The van der Waals surface area contributed by atoms with Crippen LogP contribution in [0.4, 0.5) is 4.79 Å². The minimum atomic E-state index is -1.11. The summed E-state index contributed by atoms with van der Waals surface area (Å²) in [7, 11) is 0. The Hall–Kier alpha value is -2.68. The van der Waals surface area contributed by atoms with E-state index in [1.165, 1.54) is 12.1 Å². The number of rotatable bonds is 3. The number of phenols is 1. The maximum absolute atomic E-state index is 11.4. The second-order valence-corrected chi connectivity index (χ2v) is 5.52. The lowest BCUT2D eigenvalue weighted by molar-refractivity contribution is 0.0528. The molecular formula is C16H19NO5. The van der Waals surface area contributed by atoms with Gasteiger partial charge in [0.05, 0.1) is 11.1 Å². The van der Waals surface area contributed by atoms with Gasteiger partial charge in [-0.25, -0.2) is 9.59 Å². The van der Waals surface area contributed by atoms with Gasteiger partial charge >= 0.3 is 12.1 Å². The largest absolute Gasteiger partial charge is 0.507 e. The second-order valence-electron chi connectivity index (χ2n) is 5.52. The maximum Gasteiger partial charge on any atom is 0.407 e. The first kappa shape index (κ1) is 17.4. The molecule has 0 fully saturated rings. The third kappa shape index (κ3) is 6.18. The molecule has 0 aliphatic rings. The van der Waals surface area contributed by atoms with Crippen molar-refractivity contribution in [3.8, 4) is 17.6 Å². The third-order valence-electron chi connectivity index (χ3n) is 2.39. The van der Waals surface area contributed by atoms with Gasteiger partial charge in [0.2, 0.25) is 0 Å². The lowest BCUT2D eigenvalue weighted by atomic mass is 10.1. The highest BCUT2D eigenvalue weighted by atomic mass is 16.6. The zero-order valence-corrected chi connectivity index (χ0v) is 12.8. The summed E-state index contributed by atoms with van der Waals surface area (Å²) in [5.74, 6) is 4.20. The Morgan fingerprint density at radius 1 is 1.32 bits per heavy atom. The quantitative estimate of drug-likeness (QED) is 0.588. The van der Waals surface area contributed by atoms with Gasteiger partial charge in [0.15, 0.2) is 0 Å². The summed E-state index contributed by atoms with van der Waals surface area (Å²) in [6.45, 7) is 5.64. The highest BCUT2D eigenvalue weighted by molar-refractivity contribution is 5.88. The summed E-state index contributed by atoms with van der Waals surface area (Å²) in [6.07, 6.45) is -0.137. The van der Waals surface area contributed by atoms with Gasteiger partial charge in [-0.05, 0) is 39.0 Å². The van der Waals surface area contributed by atoms with Gasteiger partial charge < -0.3 is 20.3 Å². The van der Waals surface area contributed by atoms with Crippen LogP contribution in [0.2, 0.25) is 0 Å². The van der Waals surface area contributed by atoms with Crippen molar-refractivity contribution >= 4 is 12.1 Å². The predicted octanol–water partition coefficient (Wildman–Crippen LogP) is 2.36. The summed E-state index contributed by atoms with van der Waals surface area (Å²) in [5, 5.41) is 21.0. The molecule has 6 nitrogen and oxygen atoms in total. The zero-order chi connectivity index (χ0) is 16.8. The Kier molecular flexibility index (Phi) is 5.81. The van der Waals surface area contributed by atoms with Gasteiger partial charge in [0.25, 0.3) is 0 Å². The average Bonchev–Trinajstić information content (AvgIpc) is 2.37. The summed E-state index contributed by atoms with van der Waals surface area (Å²) in [6, 6.07) is 3.95. The first-order chi connectivity index (χ1) is 10.2. The van der Waals surface area contributed by atoms with E-state index in [-0.39, 0.29) is 11.3 Å². The normalized spacial score (nSPS) is 10.3. The number of ether oxygens (including phenoxy) is 1. The molecule has 0 spiro atoms. The number of nitrogens with one attached hydrogen (secondary N) is 1. The Labute approximate surface area is 129 Å². The molecule has 1 amide bonds. The molecule has 6 heteroatoms. The highest BCUT2D eigenvalue weighted by Crippen LogP contribution is 2.17.